The number of hydrogen-bond donors (Lipinski definition) is 2. The Balaban J connectivity index is 1.12. The van der Waals surface area contributed by atoms with E-state index >= 15 is 0 Å². The third-order valence-corrected chi connectivity index (χ3v) is 10.7. The fraction of sp³-hybridized carbons (Fsp3) is 0.235. The SMILES string of the molecule is O=C(c1cccc2c1S(=O)(=O)c1c(cccc1C(=O)N1CCN(c3ccc(O)cc3)CC1)O2)N1CCN(c2ccc(O)cc2)CC1. The molecule has 2 fully saturated rings. The number of fused-ring (bicyclic) bond motifs is 2. The number of phenols is 2. The topological polar surface area (TPSA) is 131 Å². The summed E-state index contributed by atoms with van der Waals surface area (Å²) < 4.78 is 34.8. The number of ether oxygens (including phenoxy) is 1. The molecule has 236 valence electrons. The quantitative estimate of drug-likeness (QED) is 0.300. The summed E-state index contributed by atoms with van der Waals surface area (Å²) in [6.07, 6.45) is 0. The molecule has 3 aliphatic rings. The summed E-state index contributed by atoms with van der Waals surface area (Å²) in [5.41, 5.74) is 1.86. The van der Waals surface area contributed by atoms with Crippen molar-refractivity contribution in [1.82, 2.24) is 9.80 Å². The Kier molecular flexibility index (Phi) is 7.44. The number of sulfone groups is 1. The van der Waals surface area contributed by atoms with Crippen LogP contribution in [0.2, 0.25) is 0 Å². The van der Waals surface area contributed by atoms with Crippen LogP contribution in [0.25, 0.3) is 0 Å². The zero-order valence-corrected chi connectivity index (χ0v) is 25.7. The maximum absolute atomic E-state index is 14.4. The summed E-state index contributed by atoms with van der Waals surface area (Å²) in [6.45, 7) is 3.65. The molecule has 7 rings (SSSR count). The van der Waals surface area contributed by atoms with Gasteiger partial charge >= 0.3 is 0 Å². The summed E-state index contributed by atoms with van der Waals surface area (Å²) in [5, 5.41) is 19.2. The Hall–Kier alpha value is -5.23. The molecule has 0 aliphatic carbocycles. The van der Waals surface area contributed by atoms with Crippen LogP contribution in [0.4, 0.5) is 11.4 Å². The molecule has 3 heterocycles. The van der Waals surface area contributed by atoms with E-state index in [9.17, 15) is 28.2 Å². The number of hydrogen-bond acceptors (Lipinski definition) is 9. The molecule has 4 aromatic rings. The Bertz CT molecular complexity index is 1780. The molecule has 2 amide bonds. The van der Waals surface area contributed by atoms with E-state index in [4.69, 9.17) is 4.74 Å². The maximum atomic E-state index is 14.4. The van der Waals surface area contributed by atoms with E-state index < -0.39 is 21.7 Å². The Morgan fingerprint density at radius 2 is 0.913 bits per heavy atom. The van der Waals surface area contributed by atoms with Gasteiger partial charge in [-0.1, -0.05) is 12.1 Å². The maximum Gasteiger partial charge on any atom is 0.255 e. The second-order valence-corrected chi connectivity index (χ2v) is 13.3. The van der Waals surface area contributed by atoms with Crippen molar-refractivity contribution < 1.29 is 33.0 Å². The van der Waals surface area contributed by atoms with Crippen molar-refractivity contribution in [3.63, 3.8) is 0 Å². The van der Waals surface area contributed by atoms with Gasteiger partial charge in [0, 0.05) is 63.7 Å². The van der Waals surface area contributed by atoms with Gasteiger partial charge in [-0.2, -0.15) is 0 Å². The molecule has 0 spiro atoms. The normalized spacial score (nSPS) is 17.1. The van der Waals surface area contributed by atoms with Gasteiger partial charge in [0.05, 0.1) is 11.1 Å². The first-order chi connectivity index (χ1) is 22.2. The van der Waals surface area contributed by atoms with E-state index in [-0.39, 0.29) is 43.9 Å². The summed E-state index contributed by atoms with van der Waals surface area (Å²) in [7, 11) is -4.33. The van der Waals surface area contributed by atoms with Gasteiger partial charge in [0.25, 0.3) is 11.8 Å². The van der Waals surface area contributed by atoms with Gasteiger partial charge in [-0.15, -0.1) is 0 Å². The van der Waals surface area contributed by atoms with E-state index in [1.54, 1.807) is 46.2 Å². The molecule has 4 aromatic carbocycles. The third-order valence-electron chi connectivity index (χ3n) is 8.74. The number of nitrogens with zero attached hydrogens (tertiary/aromatic N) is 4. The predicted molar refractivity (Wildman–Crippen MR) is 171 cm³/mol. The lowest BCUT2D eigenvalue weighted by Crippen LogP contribution is -2.49. The van der Waals surface area contributed by atoms with Gasteiger partial charge in [-0.3, -0.25) is 9.59 Å². The first kappa shape index (κ1) is 29.5. The van der Waals surface area contributed by atoms with Crippen LogP contribution in [0.3, 0.4) is 0 Å². The van der Waals surface area contributed by atoms with Crippen molar-refractivity contribution in [2.24, 2.45) is 0 Å². The molecule has 0 radical (unpaired) electrons. The van der Waals surface area contributed by atoms with Crippen molar-refractivity contribution >= 4 is 33.0 Å². The van der Waals surface area contributed by atoms with Gasteiger partial charge in [-0.25, -0.2) is 8.42 Å². The van der Waals surface area contributed by atoms with Crippen LogP contribution in [-0.4, -0.2) is 92.6 Å². The van der Waals surface area contributed by atoms with E-state index in [0.29, 0.717) is 52.4 Å². The number of carbonyl (C=O) groups excluding carboxylic acids is 2. The van der Waals surface area contributed by atoms with Gasteiger partial charge in [0.2, 0.25) is 9.84 Å². The van der Waals surface area contributed by atoms with Crippen molar-refractivity contribution in [2.75, 3.05) is 62.2 Å². The lowest BCUT2D eigenvalue weighted by Gasteiger charge is -2.37. The largest absolute Gasteiger partial charge is 0.508 e. The second kappa shape index (κ2) is 11.6. The highest BCUT2D eigenvalue weighted by molar-refractivity contribution is 7.92. The fourth-order valence-electron chi connectivity index (χ4n) is 6.31. The number of aromatic hydroxyl groups is 2. The Morgan fingerprint density at radius 3 is 1.28 bits per heavy atom. The zero-order valence-electron chi connectivity index (χ0n) is 24.9. The minimum Gasteiger partial charge on any atom is -0.508 e. The summed E-state index contributed by atoms with van der Waals surface area (Å²) >= 11 is 0. The summed E-state index contributed by atoms with van der Waals surface area (Å²) in [4.78, 5) is 34.7. The van der Waals surface area contributed by atoms with E-state index in [1.165, 1.54) is 24.3 Å². The highest BCUT2D eigenvalue weighted by Gasteiger charge is 2.40. The molecule has 0 unspecified atom stereocenters. The number of anilines is 2. The van der Waals surface area contributed by atoms with Gasteiger partial charge in [0.15, 0.2) is 0 Å². The van der Waals surface area contributed by atoms with Crippen LogP contribution in [0.15, 0.2) is 94.7 Å². The number of phenolic OH excluding ortho intramolecular Hbond substituents is 2. The predicted octanol–water partition coefficient (Wildman–Crippen LogP) is 3.96. The molecule has 11 nitrogen and oxygen atoms in total. The first-order valence-electron chi connectivity index (χ1n) is 15.1. The van der Waals surface area contributed by atoms with Crippen molar-refractivity contribution in [3.05, 3.63) is 96.1 Å². The molecule has 12 heteroatoms. The number of benzene rings is 4. The fourth-order valence-corrected chi connectivity index (χ4v) is 8.15. The lowest BCUT2D eigenvalue weighted by molar-refractivity contribution is 0.0737. The molecule has 0 bridgehead atoms. The Morgan fingerprint density at radius 1 is 0.543 bits per heavy atom. The van der Waals surface area contributed by atoms with E-state index in [0.717, 1.165) is 11.4 Å². The number of piperazine rings is 2. The monoisotopic (exact) mass is 640 g/mol. The number of carbonyl (C=O) groups is 2. The minimum atomic E-state index is -4.33. The molecule has 2 N–H and O–H groups in total. The lowest BCUT2D eigenvalue weighted by atomic mass is 10.1. The summed E-state index contributed by atoms with van der Waals surface area (Å²) in [6, 6.07) is 22.9. The van der Waals surface area contributed by atoms with Crippen LogP contribution in [0.5, 0.6) is 23.0 Å². The average molecular weight is 641 g/mol. The van der Waals surface area contributed by atoms with E-state index in [1.807, 2.05) is 24.3 Å². The summed E-state index contributed by atoms with van der Waals surface area (Å²) in [5.74, 6) is -0.399. The van der Waals surface area contributed by atoms with Gasteiger partial charge in [0.1, 0.15) is 32.8 Å². The van der Waals surface area contributed by atoms with Crippen LogP contribution in [0, 0.1) is 0 Å². The van der Waals surface area contributed by atoms with Crippen molar-refractivity contribution in [3.8, 4) is 23.0 Å². The highest BCUT2D eigenvalue weighted by Crippen LogP contribution is 2.46. The third kappa shape index (κ3) is 5.24. The zero-order chi connectivity index (χ0) is 32.0. The molecular formula is C34H32N4O7S. The molecule has 3 aliphatic heterocycles. The molecular weight excluding hydrogens is 608 g/mol. The molecule has 46 heavy (non-hydrogen) atoms. The van der Waals surface area contributed by atoms with Crippen LogP contribution >= 0.6 is 0 Å². The van der Waals surface area contributed by atoms with Crippen molar-refractivity contribution in [1.29, 1.82) is 0 Å². The number of rotatable bonds is 4. The van der Waals surface area contributed by atoms with Crippen LogP contribution < -0.4 is 14.5 Å². The second-order valence-electron chi connectivity index (χ2n) is 11.5. The molecule has 2 saturated heterocycles. The van der Waals surface area contributed by atoms with Crippen LogP contribution in [-0.2, 0) is 9.84 Å². The van der Waals surface area contributed by atoms with Crippen molar-refractivity contribution in [2.45, 2.75) is 9.79 Å². The smallest absolute Gasteiger partial charge is 0.255 e. The molecule has 0 saturated carbocycles. The number of amides is 2. The standard InChI is InChI=1S/C34H32N4O7S/c39-25-11-7-23(8-12-25)35-15-19-37(20-16-35)33(41)27-3-1-5-29-31(27)46(43,44)32-28(4-2-6-30(32)45-29)34(42)38-21-17-36(18-22-38)24-9-13-26(40)14-10-24/h1-14,39-40H,15-22H2. The Labute approximate surface area is 266 Å². The van der Waals surface area contributed by atoms with E-state index in [2.05, 4.69) is 9.80 Å². The average Bonchev–Trinajstić information content (AvgIpc) is 3.08. The highest BCUT2D eigenvalue weighted by atomic mass is 32.2. The van der Waals surface area contributed by atoms with Gasteiger partial charge in [-0.05, 0) is 72.8 Å². The van der Waals surface area contributed by atoms with Gasteiger partial charge < -0.3 is 34.5 Å². The molecule has 0 atom stereocenters. The first-order valence-corrected chi connectivity index (χ1v) is 16.5. The van der Waals surface area contributed by atoms with Crippen LogP contribution in [0.1, 0.15) is 20.7 Å². The molecule has 0 aromatic heterocycles. The minimum absolute atomic E-state index is 0.00555.